The Morgan fingerprint density at radius 3 is 2.50 bits per heavy atom. The summed E-state index contributed by atoms with van der Waals surface area (Å²) in [5.74, 6) is 0.184. The fourth-order valence-electron chi connectivity index (χ4n) is 1.16. The van der Waals surface area contributed by atoms with E-state index < -0.39 is 5.79 Å². The molecule has 0 unspecified atom stereocenters. The van der Waals surface area contributed by atoms with E-state index in [2.05, 4.69) is 26.0 Å². The first kappa shape index (κ1) is 9.75. The molecule has 2 nitrogen and oxygen atoms in total. The molecule has 1 heterocycles. The number of rotatable bonds is 2. The molecule has 0 aromatic heterocycles. The molecule has 0 aromatic rings. The molecule has 0 N–H and O–H groups in total. The van der Waals surface area contributed by atoms with Crippen molar-refractivity contribution >= 4 is 0 Å². The summed E-state index contributed by atoms with van der Waals surface area (Å²) in [7, 11) is 0. The third kappa shape index (κ3) is 2.95. The Hall–Kier alpha value is -0.340. The molecule has 1 aliphatic rings. The standard InChI is InChI=1S/C10H18O2/c1-8(2)5-6-9-7-11-10(3,4)12-9/h5-6,8-9H,7H2,1-4H3/b6-5+/t9-/m0/s1. The van der Waals surface area contributed by atoms with Crippen molar-refractivity contribution < 1.29 is 9.47 Å². The normalized spacial score (nSPS) is 28.9. The minimum absolute atomic E-state index is 0.141. The van der Waals surface area contributed by atoms with Crippen LogP contribution in [0, 0.1) is 5.92 Å². The maximum Gasteiger partial charge on any atom is 0.163 e. The van der Waals surface area contributed by atoms with Gasteiger partial charge in [0.25, 0.3) is 0 Å². The van der Waals surface area contributed by atoms with Gasteiger partial charge in [0.1, 0.15) is 6.10 Å². The molecule has 0 spiro atoms. The van der Waals surface area contributed by atoms with E-state index in [-0.39, 0.29) is 6.10 Å². The van der Waals surface area contributed by atoms with Gasteiger partial charge in [0.05, 0.1) is 6.61 Å². The van der Waals surface area contributed by atoms with Crippen LogP contribution in [0.25, 0.3) is 0 Å². The highest BCUT2D eigenvalue weighted by molar-refractivity contribution is 4.94. The van der Waals surface area contributed by atoms with Gasteiger partial charge in [-0.25, -0.2) is 0 Å². The lowest BCUT2D eigenvalue weighted by Crippen LogP contribution is -2.20. The molecule has 0 bridgehead atoms. The van der Waals surface area contributed by atoms with Gasteiger partial charge >= 0.3 is 0 Å². The van der Waals surface area contributed by atoms with E-state index in [0.29, 0.717) is 12.5 Å². The largest absolute Gasteiger partial charge is 0.347 e. The van der Waals surface area contributed by atoms with Gasteiger partial charge < -0.3 is 9.47 Å². The molecule has 2 heteroatoms. The molecule has 1 fully saturated rings. The monoisotopic (exact) mass is 170 g/mol. The fraction of sp³-hybridized carbons (Fsp3) is 0.800. The summed E-state index contributed by atoms with van der Waals surface area (Å²) in [6, 6.07) is 0. The first-order chi connectivity index (χ1) is 5.49. The second-order valence-electron chi connectivity index (χ2n) is 4.00. The molecule has 1 atom stereocenters. The van der Waals surface area contributed by atoms with Crippen molar-refractivity contribution in [3.8, 4) is 0 Å². The minimum atomic E-state index is -0.397. The summed E-state index contributed by atoms with van der Waals surface area (Å²) in [6.07, 6.45) is 4.37. The lowest BCUT2D eigenvalue weighted by molar-refractivity contribution is -0.133. The molecule has 0 saturated carbocycles. The minimum Gasteiger partial charge on any atom is -0.347 e. The van der Waals surface area contributed by atoms with Crippen LogP contribution in [-0.2, 0) is 9.47 Å². The summed E-state index contributed by atoms with van der Waals surface area (Å²) in [4.78, 5) is 0. The second kappa shape index (κ2) is 3.58. The Labute approximate surface area is 74.6 Å². The number of allylic oxidation sites excluding steroid dienone is 1. The van der Waals surface area contributed by atoms with E-state index in [0.717, 1.165) is 0 Å². The van der Waals surface area contributed by atoms with E-state index in [1.54, 1.807) is 0 Å². The first-order valence-electron chi connectivity index (χ1n) is 4.50. The van der Waals surface area contributed by atoms with Crippen molar-refractivity contribution in [2.45, 2.75) is 39.6 Å². The molecule has 0 aromatic carbocycles. The van der Waals surface area contributed by atoms with Crippen LogP contribution in [-0.4, -0.2) is 18.5 Å². The van der Waals surface area contributed by atoms with Gasteiger partial charge in [0.15, 0.2) is 5.79 Å². The predicted octanol–water partition coefficient (Wildman–Crippen LogP) is 2.35. The summed E-state index contributed by atoms with van der Waals surface area (Å²) in [5, 5.41) is 0. The molecule has 1 rings (SSSR count). The molecule has 0 radical (unpaired) electrons. The van der Waals surface area contributed by atoms with Crippen molar-refractivity contribution in [3.05, 3.63) is 12.2 Å². The Bertz CT molecular complexity index is 171. The maximum absolute atomic E-state index is 5.59. The summed E-state index contributed by atoms with van der Waals surface area (Å²) < 4.78 is 11.0. The van der Waals surface area contributed by atoms with Crippen LogP contribution in [0.5, 0.6) is 0 Å². The molecule has 0 amide bonds. The quantitative estimate of drug-likeness (QED) is 0.592. The van der Waals surface area contributed by atoms with E-state index in [9.17, 15) is 0 Å². The lowest BCUT2D eigenvalue weighted by atomic mass is 10.2. The van der Waals surface area contributed by atoms with Crippen LogP contribution in [0.2, 0.25) is 0 Å². The molecular weight excluding hydrogens is 152 g/mol. The zero-order chi connectivity index (χ0) is 9.19. The van der Waals surface area contributed by atoms with Crippen LogP contribution in [0.4, 0.5) is 0 Å². The highest BCUT2D eigenvalue weighted by atomic mass is 16.7. The number of ether oxygens (including phenoxy) is 2. The van der Waals surface area contributed by atoms with Gasteiger partial charge in [0, 0.05) is 0 Å². The number of hydrogen-bond donors (Lipinski definition) is 0. The fourth-order valence-corrected chi connectivity index (χ4v) is 1.16. The van der Waals surface area contributed by atoms with Gasteiger partial charge in [-0.3, -0.25) is 0 Å². The van der Waals surface area contributed by atoms with Crippen LogP contribution in [0.1, 0.15) is 27.7 Å². The third-order valence-corrected chi connectivity index (χ3v) is 1.74. The van der Waals surface area contributed by atoms with Crippen molar-refractivity contribution in [3.63, 3.8) is 0 Å². The van der Waals surface area contributed by atoms with E-state index in [1.165, 1.54) is 0 Å². The Kier molecular flexibility index (Phi) is 2.91. The van der Waals surface area contributed by atoms with Gasteiger partial charge in [0.2, 0.25) is 0 Å². The van der Waals surface area contributed by atoms with E-state index in [4.69, 9.17) is 9.47 Å². The first-order valence-corrected chi connectivity index (χ1v) is 4.50. The Morgan fingerprint density at radius 2 is 2.08 bits per heavy atom. The topological polar surface area (TPSA) is 18.5 Å². The van der Waals surface area contributed by atoms with Gasteiger partial charge in [-0.2, -0.15) is 0 Å². The van der Waals surface area contributed by atoms with E-state index >= 15 is 0 Å². The van der Waals surface area contributed by atoms with Crippen molar-refractivity contribution in [1.82, 2.24) is 0 Å². The third-order valence-electron chi connectivity index (χ3n) is 1.74. The lowest BCUT2D eigenvalue weighted by Gasteiger charge is -2.15. The zero-order valence-corrected chi connectivity index (χ0v) is 8.33. The SMILES string of the molecule is CC(C)/C=C/[C@H]1COC(C)(C)O1. The van der Waals surface area contributed by atoms with E-state index in [1.807, 2.05) is 13.8 Å². The van der Waals surface area contributed by atoms with Crippen LogP contribution < -0.4 is 0 Å². The Balaban J connectivity index is 2.38. The molecule has 1 aliphatic heterocycles. The smallest absolute Gasteiger partial charge is 0.163 e. The van der Waals surface area contributed by atoms with Crippen LogP contribution in [0.15, 0.2) is 12.2 Å². The molecule has 1 saturated heterocycles. The van der Waals surface area contributed by atoms with Crippen LogP contribution >= 0.6 is 0 Å². The average molecular weight is 170 g/mol. The summed E-state index contributed by atoms with van der Waals surface area (Å²) in [5.41, 5.74) is 0. The molecular formula is C10H18O2. The molecule has 70 valence electrons. The van der Waals surface area contributed by atoms with Crippen molar-refractivity contribution in [1.29, 1.82) is 0 Å². The zero-order valence-electron chi connectivity index (χ0n) is 8.33. The second-order valence-corrected chi connectivity index (χ2v) is 4.00. The average Bonchev–Trinajstić information content (AvgIpc) is 2.26. The predicted molar refractivity (Wildman–Crippen MR) is 48.9 cm³/mol. The number of hydrogen-bond acceptors (Lipinski definition) is 2. The highest BCUT2D eigenvalue weighted by Crippen LogP contribution is 2.22. The Morgan fingerprint density at radius 1 is 1.42 bits per heavy atom. The summed E-state index contributed by atoms with van der Waals surface area (Å²) >= 11 is 0. The van der Waals surface area contributed by atoms with Gasteiger partial charge in [-0.05, 0) is 19.8 Å². The van der Waals surface area contributed by atoms with Crippen LogP contribution in [0.3, 0.4) is 0 Å². The highest BCUT2D eigenvalue weighted by Gasteiger charge is 2.30. The van der Waals surface area contributed by atoms with Crippen molar-refractivity contribution in [2.24, 2.45) is 5.92 Å². The maximum atomic E-state index is 5.59. The van der Waals surface area contributed by atoms with Gasteiger partial charge in [-0.15, -0.1) is 0 Å². The van der Waals surface area contributed by atoms with Gasteiger partial charge in [-0.1, -0.05) is 26.0 Å². The summed E-state index contributed by atoms with van der Waals surface area (Å²) in [6.45, 7) is 8.86. The molecule has 12 heavy (non-hydrogen) atoms. The molecule has 0 aliphatic carbocycles. The van der Waals surface area contributed by atoms with Crippen molar-refractivity contribution in [2.75, 3.05) is 6.61 Å².